The quantitative estimate of drug-likeness (QED) is 0.812. The Hall–Kier alpha value is -2.42. The van der Waals surface area contributed by atoms with E-state index in [2.05, 4.69) is 27.5 Å². The second-order valence-corrected chi connectivity index (χ2v) is 7.23. The van der Waals surface area contributed by atoms with Crippen molar-refractivity contribution >= 4 is 6.03 Å². The van der Waals surface area contributed by atoms with E-state index in [0.29, 0.717) is 25.5 Å². The summed E-state index contributed by atoms with van der Waals surface area (Å²) in [6.45, 7) is 8.54. The lowest BCUT2D eigenvalue weighted by Gasteiger charge is -2.32. The number of nitrogens with zero attached hydrogens (tertiary/aromatic N) is 6. The zero-order valence-corrected chi connectivity index (χ0v) is 16.6. The van der Waals surface area contributed by atoms with Crippen molar-refractivity contribution in [1.82, 2.24) is 34.8 Å². The Morgan fingerprint density at radius 1 is 1.30 bits per heavy atom. The number of urea groups is 1. The van der Waals surface area contributed by atoms with E-state index in [1.165, 1.54) is 5.56 Å². The van der Waals surface area contributed by atoms with Crippen molar-refractivity contribution in [2.75, 3.05) is 19.6 Å². The number of hydrogen-bond acceptors (Lipinski definition) is 5. The third-order valence-electron chi connectivity index (χ3n) is 5.56. The van der Waals surface area contributed by atoms with E-state index in [1.807, 2.05) is 35.0 Å². The fourth-order valence-corrected chi connectivity index (χ4v) is 3.63. The molecule has 9 nitrogen and oxygen atoms in total. The first-order chi connectivity index (χ1) is 12.9. The molecule has 1 saturated heterocycles. The highest BCUT2D eigenvalue weighted by molar-refractivity contribution is 5.74. The van der Waals surface area contributed by atoms with Crippen molar-refractivity contribution in [2.24, 2.45) is 7.05 Å². The number of aryl methyl sites for hydroxylation is 1. The van der Waals surface area contributed by atoms with Crippen molar-refractivity contribution in [3.05, 3.63) is 28.6 Å². The zero-order chi connectivity index (χ0) is 19.6. The fourth-order valence-electron chi connectivity index (χ4n) is 3.63. The predicted molar refractivity (Wildman–Crippen MR) is 100 cm³/mol. The molecule has 1 aliphatic heterocycles. The largest absolute Gasteiger partial charge is 0.388 e. The van der Waals surface area contributed by atoms with Gasteiger partial charge >= 0.3 is 6.03 Å². The molecular formula is C18H29N7O2. The van der Waals surface area contributed by atoms with Gasteiger partial charge in [-0.3, -0.25) is 4.68 Å². The third kappa shape index (κ3) is 3.97. The molecule has 2 N–H and O–H groups in total. The Bertz CT molecular complexity index is 811. The lowest BCUT2D eigenvalue weighted by molar-refractivity contribution is 0.177. The van der Waals surface area contributed by atoms with Crippen LogP contribution in [-0.2, 0) is 20.2 Å². The molecule has 27 heavy (non-hydrogen) atoms. The summed E-state index contributed by atoms with van der Waals surface area (Å²) in [6, 6.07) is -0.0532. The fraction of sp³-hybridized carbons (Fsp3) is 0.667. The minimum atomic E-state index is -0.133. The molecule has 2 aromatic rings. The SMILES string of the molecule is Cc1nn(CCNC(=O)N2CCC[C@H](c3nnc(CO)n3C)C2)c(C)c1C. The number of aliphatic hydroxyl groups excluding tert-OH is 1. The summed E-state index contributed by atoms with van der Waals surface area (Å²) < 4.78 is 3.77. The summed E-state index contributed by atoms with van der Waals surface area (Å²) in [5, 5.41) is 25.0. The molecule has 0 aromatic carbocycles. The lowest BCUT2D eigenvalue weighted by Crippen LogP contribution is -2.46. The van der Waals surface area contributed by atoms with Gasteiger partial charge in [-0.05, 0) is 39.2 Å². The number of rotatable bonds is 5. The third-order valence-corrected chi connectivity index (χ3v) is 5.56. The number of nitrogens with one attached hydrogen (secondary N) is 1. The van der Waals surface area contributed by atoms with Gasteiger partial charge in [-0.25, -0.2) is 4.79 Å². The van der Waals surface area contributed by atoms with Gasteiger partial charge in [0, 0.05) is 38.3 Å². The van der Waals surface area contributed by atoms with Crippen LogP contribution in [0.4, 0.5) is 4.79 Å². The van der Waals surface area contributed by atoms with Crippen LogP contribution in [0.15, 0.2) is 0 Å². The maximum absolute atomic E-state index is 12.6. The monoisotopic (exact) mass is 375 g/mol. The van der Waals surface area contributed by atoms with Gasteiger partial charge in [0.15, 0.2) is 5.82 Å². The van der Waals surface area contributed by atoms with Crippen LogP contribution in [0, 0.1) is 20.8 Å². The van der Waals surface area contributed by atoms with Crippen LogP contribution in [0.3, 0.4) is 0 Å². The number of likely N-dealkylation sites (tertiary alicyclic amines) is 1. The Morgan fingerprint density at radius 2 is 2.07 bits per heavy atom. The average Bonchev–Trinajstić information content (AvgIpc) is 3.16. The van der Waals surface area contributed by atoms with Crippen LogP contribution in [-0.4, -0.2) is 60.2 Å². The van der Waals surface area contributed by atoms with Gasteiger partial charge in [0.2, 0.25) is 0 Å². The molecule has 1 atom stereocenters. The van der Waals surface area contributed by atoms with Crippen LogP contribution in [0.25, 0.3) is 0 Å². The van der Waals surface area contributed by atoms with Gasteiger partial charge in [-0.1, -0.05) is 0 Å². The van der Waals surface area contributed by atoms with Crippen molar-refractivity contribution in [1.29, 1.82) is 0 Å². The van der Waals surface area contributed by atoms with Gasteiger partial charge in [0.05, 0.1) is 12.2 Å². The number of carbonyl (C=O) groups is 1. The number of piperidine rings is 1. The standard InChI is InChI=1S/C18H29N7O2/c1-12-13(2)22-25(14(12)3)9-7-19-18(27)24-8-5-6-15(10-24)17-21-20-16(11-26)23(17)4/h15,26H,5-11H2,1-4H3,(H,19,27)/t15-/m0/s1. The summed E-state index contributed by atoms with van der Waals surface area (Å²) in [5.41, 5.74) is 3.37. The van der Waals surface area contributed by atoms with Crippen LogP contribution in [0.1, 0.15) is 47.4 Å². The highest BCUT2D eigenvalue weighted by Gasteiger charge is 2.28. The minimum Gasteiger partial charge on any atom is -0.388 e. The predicted octanol–water partition coefficient (Wildman–Crippen LogP) is 1.02. The van der Waals surface area contributed by atoms with Gasteiger partial charge in [0.1, 0.15) is 12.4 Å². The molecule has 0 radical (unpaired) electrons. The van der Waals surface area contributed by atoms with Crippen molar-refractivity contribution in [3.8, 4) is 0 Å². The van der Waals surface area contributed by atoms with Crippen LogP contribution < -0.4 is 5.32 Å². The Balaban J connectivity index is 1.55. The molecule has 2 aromatic heterocycles. The molecule has 3 heterocycles. The Morgan fingerprint density at radius 3 is 2.70 bits per heavy atom. The second kappa shape index (κ2) is 8.08. The molecule has 3 rings (SSSR count). The smallest absolute Gasteiger partial charge is 0.317 e. The molecule has 0 spiro atoms. The number of hydrogen-bond donors (Lipinski definition) is 2. The van der Waals surface area contributed by atoms with E-state index in [1.54, 1.807) is 0 Å². The summed E-state index contributed by atoms with van der Waals surface area (Å²) in [7, 11) is 1.86. The van der Waals surface area contributed by atoms with Crippen molar-refractivity contribution in [3.63, 3.8) is 0 Å². The normalized spacial score (nSPS) is 17.4. The highest BCUT2D eigenvalue weighted by atomic mass is 16.3. The van der Waals surface area contributed by atoms with Crippen molar-refractivity contribution < 1.29 is 9.90 Å². The second-order valence-electron chi connectivity index (χ2n) is 7.23. The number of amides is 2. The summed E-state index contributed by atoms with van der Waals surface area (Å²) in [4.78, 5) is 14.4. The van der Waals surface area contributed by atoms with E-state index >= 15 is 0 Å². The van der Waals surface area contributed by atoms with E-state index in [0.717, 1.165) is 36.6 Å². The maximum Gasteiger partial charge on any atom is 0.317 e. The van der Waals surface area contributed by atoms with Crippen LogP contribution in [0.2, 0.25) is 0 Å². The minimum absolute atomic E-state index is 0.0532. The highest BCUT2D eigenvalue weighted by Crippen LogP contribution is 2.25. The molecular weight excluding hydrogens is 346 g/mol. The Labute approximate surface area is 159 Å². The van der Waals surface area contributed by atoms with Gasteiger partial charge in [0.25, 0.3) is 0 Å². The summed E-state index contributed by atoms with van der Waals surface area (Å²) in [5.74, 6) is 1.52. The Kier molecular flexibility index (Phi) is 5.79. The lowest BCUT2D eigenvalue weighted by atomic mass is 9.97. The molecule has 1 fully saturated rings. The first-order valence-electron chi connectivity index (χ1n) is 9.44. The average molecular weight is 375 g/mol. The van der Waals surface area contributed by atoms with E-state index in [-0.39, 0.29) is 18.6 Å². The number of aliphatic hydroxyl groups is 1. The van der Waals surface area contributed by atoms with E-state index in [9.17, 15) is 9.90 Å². The van der Waals surface area contributed by atoms with E-state index < -0.39 is 0 Å². The first kappa shape index (κ1) is 19.3. The molecule has 0 aliphatic carbocycles. The van der Waals surface area contributed by atoms with Crippen LogP contribution >= 0.6 is 0 Å². The molecule has 2 amide bonds. The molecule has 1 aliphatic rings. The zero-order valence-electron chi connectivity index (χ0n) is 16.6. The summed E-state index contributed by atoms with van der Waals surface area (Å²) >= 11 is 0. The topological polar surface area (TPSA) is 101 Å². The van der Waals surface area contributed by atoms with Crippen molar-refractivity contribution in [2.45, 2.75) is 52.7 Å². The molecule has 0 unspecified atom stereocenters. The first-order valence-corrected chi connectivity index (χ1v) is 9.44. The molecule has 0 saturated carbocycles. The van der Waals surface area contributed by atoms with E-state index in [4.69, 9.17) is 0 Å². The number of aromatic nitrogens is 5. The maximum atomic E-state index is 12.6. The van der Waals surface area contributed by atoms with Crippen LogP contribution in [0.5, 0.6) is 0 Å². The molecule has 0 bridgehead atoms. The van der Waals surface area contributed by atoms with Gasteiger partial charge < -0.3 is 19.9 Å². The van der Waals surface area contributed by atoms with Gasteiger partial charge in [-0.15, -0.1) is 10.2 Å². The number of carbonyl (C=O) groups excluding carboxylic acids is 1. The van der Waals surface area contributed by atoms with Gasteiger partial charge in [-0.2, -0.15) is 5.10 Å². The molecule has 148 valence electrons. The summed E-state index contributed by atoms with van der Waals surface area (Å²) in [6.07, 6.45) is 1.89. The molecule has 9 heteroatoms.